The van der Waals surface area contributed by atoms with Crippen molar-refractivity contribution < 1.29 is 9.47 Å². The van der Waals surface area contributed by atoms with Crippen molar-refractivity contribution in [3.63, 3.8) is 0 Å². The number of hydrogen-bond acceptors (Lipinski definition) is 7. The molecule has 1 aliphatic rings. The Morgan fingerprint density at radius 1 is 1.15 bits per heavy atom. The molecule has 0 saturated carbocycles. The third-order valence-electron chi connectivity index (χ3n) is 4.33. The minimum atomic E-state index is 0.456. The van der Waals surface area contributed by atoms with Gasteiger partial charge in [0.1, 0.15) is 17.3 Å². The normalized spacial score (nSPS) is 17.2. The van der Waals surface area contributed by atoms with Crippen molar-refractivity contribution in [2.45, 2.75) is 13.0 Å². The lowest BCUT2D eigenvalue weighted by Gasteiger charge is -2.32. The molecule has 140 valence electrons. The van der Waals surface area contributed by atoms with Gasteiger partial charge in [0, 0.05) is 73.3 Å². The SMILES string of the molecule is C=N/C=C1/CN(c2cc(OC)cc(OC)c2)CCC1=NCc1ncccn1. The predicted octanol–water partition coefficient (Wildman–Crippen LogP) is 2.93. The molecule has 2 aromatic rings. The second kappa shape index (κ2) is 8.93. The van der Waals surface area contributed by atoms with Gasteiger partial charge in [-0.1, -0.05) is 0 Å². The van der Waals surface area contributed by atoms with Crippen LogP contribution < -0.4 is 14.4 Å². The molecule has 7 nitrogen and oxygen atoms in total. The summed E-state index contributed by atoms with van der Waals surface area (Å²) in [7, 11) is 3.30. The number of methoxy groups -OCH3 is 2. The average molecular weight is 365 g/mol. The monoisotopic (exact) mass is 365 g/mol. The number of anilines is 1. The topological polar surface area (TPSA) is 72.2 Å². The van der Waals surface area contributed by atoms with E-state index in [1.807, 2.05) is 18.2 Å². The molecule has 1 aromatic carbocycles. The van der Waals surface area contributed by atoms with Crippen LogP contribution in [0, 0.1) is 0 Å². The maximum atomic E-state index is 5.38. The predicted molar refractivity (Wildman–Crippen MR) is 107 cm³/mol. The van der Waals surface area contributed by atoms with Gasteiger partial charge in [-0.3, -0.25) is 9.98 Å². The highest BCUT2D eigenvalue weighted by Gasteiger charge is 2.21. The molecule has 0 bridgehead atoms. The molecule has 0 atom stereocenters. The van der Waals surface area contributed by atoms with Crippen molar-refractivity contribution in [2.75, 3.05) is 32.2 Å². The van der Waals surface area contributed by atoms with Crippen LogP contribution >= 0.6 is 0 Å². The zero-order valence-corrected chi connectivity index (χ0v) is 15.6. The van der Waals surface area contributed by atoms with Gasteiger partial charge in [0.05, 0.1) is 20.8 Å². The third-order valence-corrected chi connectivity index (χ3v) is 4.33. The van der Waals surface area contributed by atoms with Crippen LogP contribution in [0.4, 0.5) is 5.69 Å². The Morgan fingerprint density at radius 2 is 1.85 bits per heavy atom. The second-order valence-corrected chi connectivity index (χ2v) is 6.01. The number of hydrogen-bond donors (Lipinski definition) is 0. The second-order valence-electron chi connectivity index (χ2n) is 6.01. The molecule has 0 amide bonds. The van der Waals surface area contributed by atoms with Crippen LogP contribution in [0.2, 0.25) is 0 Å². The van der Waals surface area contributed by atoms with E-state index >= 15 is 0 Å². The first-order valence-electron chi connectivity index (χ1n) is 8.66. The lowest BCUT2D eigenvalue weighted by atomic mass is 10.0. The molecule has 1 saturated heterocycles. The van der Waals surface area contributed by atoms with Gasteiger partial charge in [-0.25, -0.2) is 9.97 Å². The summed E-state index contributed by atoms with van der Waals surface area (Å²) in [4.78, 5) is 19.4. The molecule has 0 unspecified atom stereocenters. The molecular weight excluding hydrogens is 342 g/mol. The number of benzene rings is 1. The van der Waals surface area contributed by atoms with Gasteiger partial charge >= 0.3 is 0 Å². The zero-order valence-electron chi connectivity index (χ0n) is 15.6. The zero-order chi connectivity index (χ0) is 19.1. The minimum absolute atomic E-state index is 0.456. The molecule has 2 heterocycles. The Kier molecular flexibility index (Phi) is 6.14. The third kappa shape index (κ3) is 4.69. The van der Waals surface area contributed by atoms with Crippen LogP contribution in [0.15, 0.2) is 58.4 Å². The van der Waals surface area contributed by atoms with Gasteiger partial charge in [-0.05, 0) is 12.8 Å². The van der Waals surface area contributed by atoms with E-state index in [9.17, 15) is 0 Å². The Labute approximate surface area is 159 Å². The number of aromatic nitrogens is 2. The number of nitrogens with zero attached hydrogens (tertiary/aromatic N) is 5. The smallest absolute Gasteiger partial charge is 0.149 e. The molecule has 1 aliphatic heterocycles. The summed E-state index contributed by atoms with van der Waals surface area (Å²) in [6.45, 7) is 5.57. The molecule has 3 rings (SSSR count). The van der Waals surface area contributed by atoms with E-state index < -0.39 is 0 Å². The van der Waals surface area contributed by atoms with E-state index in [0.717, 1.165) is 41.4 Å². The lowest BCUT2D eigenvalue weighted by Crippen LogP contribution is -2.36. The molecule has 7 heteroatoms. The summed E-state index contributed by atoms with van der Waals surface area (Å²) in [5.41, 5.74) is 3.08. The highest BCUT2D eigenvalue weighted by molar-refractivity contribution is 6.02. The number of rotatable bonds is 6. The molecular formula is C20H23N5O2. The van der Waals surface area contributed by atoms with Crippen LogP contribution in [0.3, 0.4) is 0 Å². The van der Waals surface area contributed by atoms with Crippen LogP contribution in [0.1, 0.15) is 12.2 Å². The number of piperidine rings is 1. The van der Waals surface area contributed by atoms with E-state index in [4.69, 9.17) is 14.5 Å². The fourth-order valence-electron chi connectivity index (χ4n) is 2.96. The van der Waals surface area contributed by atoms with Gasteiger partial charge in [0.25, 0.3) is 0 Å². The highest BCUT2D eigenvalue weighted by Crippen LogP contribution is 2.30. The van der Waals surface area contributed by atoms with Crippen LogP contribution in [0.5, 0.6) is 11.5 Å². The largest absolute Gasteiger partial charge is 0.497 e. The molecule has 27 heavy (non-hydrogen) atoms. The van der Waals surface area contributed by atoms with Crippen LogP contribution in [-0.4, -0.2) is 49.7 Å². The summed E-state index contributed by atoms with van der Waals surface area (Å²) in [6.07, 6.45) is 6.02. The van der Waals surface area contributed by atoms with Crippen LogP contribution in [0.25, 0.3) is 0 Å². The van der Waals surface area contributed by atoms with Crippen molar-refractivity contribution in [3.8, 4) is 11.5 Å². The first kappa shape index (κ1) is 18.6. The average Bonchev–Trinajstić information content (AvgIpc) is 2.73. The van der Waals surface area contributed by atoms with E-state index in [-0.39, 0.29) is 0 Å². The van der Waals surface area contributed by atoms with E-state index in [1.165, 1.54) is 0 Å². The van der Waals surface area contributed by atoms with Crippen molar-refractivity contribution in [1.82, 2.24) is 9.97 Å². The maximum absolute atomic E-state index is 5.38. The standard InChI is InChI=1S/C20H23N5O2/c1-21-12-15-14-25(16-9-17(26-2)11-18(10-16)27-3)8-5-19(15)24-13-20-22-6-4-7-23-20/h4,6-7,9-12H,1,5,8,13-14H2,2-3H3/b15-12-,24-19?. The van der Waals surface area contributed by atoms with Crippen LogP contribution in [-0.2, 0) is 6.54 Å². The number of aliphatic imine (C=N–C) groups is 2. The van der Waals surface area contributed by atoms with Gasteiger partial charge < -0.3 is 14.4 Å². The molecule has 0 aliphatic carbocycles. The fourth-order valence-corrected chi connectivity index (χ4v) is 2.96. The Bertz CT molecular complexity index is 826. The van der Waals surface area contributed by atoms with Gasteiger partial charge in [-0.15, -0.1) is 0 Å². The highest BCUT2D eigenvalue weighted by atomic mass is 16.5. The lowest BCUT2D eigenvalue weighted by molar-refractivity contribution is 0.394. The molecule has 1 aromatic heterocycles. The summed E-state index contributed by atoms with van der Waals surface area (Å²) < 4.78 is 10.8. The van der Waals surface area contributed by atoms with Crippen molar-refractivity contribution in [1.29, 1.82) is 0 Å². The Balaban J connectivity index is 1.80. The van der Waals surface area contributed by atoms with E-state index in [0.29, 0.717) is 18.9 Å². The molecule has 0 spiro atoms. The quantitative estimate of drug-likeness (QED) is 0.736. The van der Waals surface area contributed by atoms with Crippen molar-refractivity contribution >= 4 is 18.1 Å². The summed E-state index contributed by atoms with van der Waals surface area (Å²) in [5, 5.41) is 0. The molecule has 1 fully saturated rings. The molecule has 0 N–H and O–H groups in total. The van der Waals surface area contributed by atoms with Gasteiger partial charge in [-0.2, -0.15) is 0 Å². The first-order valence-corrected chi connectivity index (χ1v) is 8.66. The number of ether oxygens (including phenoxy) is 2. The fraction of sp³-hybridized carbons (Fsp3) is 0.300. The van der Waals surface area contributed by atoms with Gasteiger partial charge in [0.15, 0.2) is 0 Å². The molecule has 0 radical (unpaired) electrons. The first-order chi connectivity index (χ1) is 13.2. The van der Waals surface area contributed by atoms with E-state index in [2.05, 4.69) is 26.6 Å². The minimum Gasteiger partial charge on any atom is -0.497 e. The summed E-state index contributed by atoms with van der Waals surface area (Å²) in [5.74, 6) is 2.23. The Hall–Kier alpha value is -3.22. The van der Waals surface area contributed by atoms with Crippen molar-refractivity contribution in [3.05, 3.63) is 54.3 Å². The summed E-state index contributed by atoms with van der Waals surface area (Å²) in [6, 6.07) is 7.66. The van der Waals surface area contributed by atoms with Crippen molar-refractivity contribution in [2.24, 2.45) is 9.98 Å². The Morgan fingerprint density at radius 3 is 2.48 bits per heavy atom. The summed E-state index contributed by atoms with van der Waals surface area (Å²) >= 11 is 0. The van der Waals surface area contributed by atoms with Gasteiger partial charge in [0.2, 0.25) is 0 Å². The van der Waals surface area contributed by atoms with E-state index in [1.54, 1.807) is 38.9 Å². The maximum Gasteiger partial charge on any atom is 0.149 e.